The molecule has 0 bridgehead atoms. The van der Waals surface area contributed by atoms with E-state index in [2.05, 4.69) is 5.32 Å². The molecule has 0 atom stereocenters. The lowest BCUT2D eigenvalue weighted by Gasteiger charge is -2.35. The largest absolute Gasteiger partial charge is 0.493 e. The van der Waals surface area contributed by atoms with Crippen molar-refractivity contribution in [3.8, 4) is 11.5 Å². The van der Waals surface area contributed by atoms with Gasteiger partial charge in [0.1, 0.15) is 0 Å². The topological polar surface area (TPSA) is 105 Å². The normalized spacial score (nSPS) is 18.9. The summed E-state index contributed by atoms with van der Waals surface area (Å²) in [5.74, 6) is 0.726. The second-order valence-electron chi connectivity index (χ2n) is 8.96. The Bertz CT molecular complexity index is 949. The first-order valence-corrected chi connectivity index (χ1v) is 12.9. The zero-order valence-corrected chi connectivity index (χ0v) is 20.7. The van der Waals surface area contributed by atoms with Crippen molar-refractivity contribution in [3.63, 3.8) is 0 Å². The number of ether oxygens (including phenoxy) is 2. The minimum atomic E-state index is -3.69. The third-order valence-corrected chi connectivity index (χ3v) is 8.36. The Labute approximate surface area is 196 Å². The van der Waals surface area contributed by atoms with Gasteiger partial charge in [-0.3, -0.25) is 9.59 Å². The maximum Gasteiger partial charge on any atom is 0.243 e. The zero-order valence-electron chi connectivity index (χ0n) is 19.9. The molecule has 10 heteroatoms. The summed E-state index contributed by atoms with van der Waals surface area (Å²) in [7, 11) is -0.730. The number of sulfonamides is 1. The maximum atomic E-state index is 13.1. The summed E-state index contributed by atoms with van der Waals surface area (Å²) in [4.78, 5) is 26.9. The Balaban J connectivity index is 1.52. The van der Waals surface area contributed by atoms with Crippen LogP contribution in [0.15, 0.2) is 23.1 Å². The van der Waals surface area contributed by atoms with Gasteiger partial charge in [-0.05, 0) is 37.8 Å². The predicted octanol–water partition coefficient (Wildman–Crippen LogP) is 1.87. The standard InChI is InChI=1S/C23H35N3O6S/c1-16(2)23(28)25-11-9-18(10-12-25)24-22(27)17-7-13-26(14-8-17)33(29,30)19-5-6-20(31-3)21(15-19)32-4/h5-6,15-18H,7-14H2,1-4H3,(H,24,27). The van der Waals surface area contributed by atoms with Crippen LogP contribution in [0.4, 0.5) is 0 Å². The Hall–Kier alpha value is -2.33. The summed E-state index contributed by atoms with van der Waals surface area (Å²) in [5.41, 5.74) is 0. The molecule has 2 aliphatic rings. The molecular weight excluding hydrogens is 446 g/mol. The smallest absolute Gasteiger partial charge is 0.243 e. The van der Waals surface area contributed by atoms with Crippen molar-refractivity contribution in [1.82, 2.24) is 14.5 Å². The van der Waals surface area contributed by atoms with Gasteiger partial charge in [-0.2, -0.15) is 4.31 Å². The van der Waals surface area contributed by atoms with Gasteiger partial charge < -0.3 is 19.7 Å². The summed E-state index contributed by atoms with van der Waals surface area (Å²) in [6, 6.07) is 4.60. The molecule has 0 aromatic heterocycles. The Kier molecular flexibility index (Phi) is 8.23. The average Bonchev–Trinajstić information content (AvgIpc) is 2.83. The van der Waals surface area contributed by atoms with Crippen LogP contribution in [0.3, 0.4) is 0 Å². The third kappa shape index (κ3) is 5.78. The molecule has 0 saturated carbocycles. The van der Waals surface area contributed by atoms with E-state index in [1.54, 1.807) is 6.07 Å². The highest BCUT2D eigenvalue weighted by molar-refractivity contribution is 7.89. The molecular formula is C23H35N3O6S. The first-order chi connectivity index (χ1) is 15.7. The molecule has 2 heterocycles. The van der Waals surface area contributed by atoms with Crippen LogP contribution in [-0.4, -0.2) is 75.9 Å². The van der Waals surface area contributed by atoms with Crippen LogP contribution in [0.5, 0.6) is 11.5 Å². The van der Waals surface area contributed by atoms with Crippen LogP contribution < -0.4 is 14.8 Å². The molecule has 33 heavy (non-hydrogen) atoms. The Morgan fingerprint density at radius 1 is 0.970 bits per heavy atom. The van der Waals surface area contributed by atoms with E-state index in [0.717, 1.165) is 12.8 Å². The van der Waals surface area contributed by atoms with E-state index in [-0.39, 0.29) is 47.7 Å². The molecule has 3 rings (SSSR count). The highest BCUT2D eigenvalue weighted by Crippen LogP contribution is 2.32. The molecule has 0 aliphatic carbocycles. The van der Waals surface area contributed by atoms with Crippen LogP contribution in [0.1, 0.15) is 39.5 Å². The fraction of sp³-hybridized carbons (Fsp3) is 0.652. The number of nitrogens with one attached hydrogen (secondary N) is 1. The van der Waals surface area contributed by atoms with Gasteiger partial charge in [-0.25, -0.2) is 8.42 Å². The van der Waals surface area contributed by atoms with Gasteiger partial charge >= 0.3 is 0 Å². The average molecular weight is 482 g/mol. The molecule has 2 fully saturated rings. The van der Waals surface area contributed by atoms with Crippen LogP contribution in [0, 0.1) is 11.8 Å². The molecule has 0 radical (unpaired) electrons. The number of benzene rings is 1. The summed E-state index contributed by atoms with van der Waals surface area (Å²) in [6.45, 7) is 5.68. The van der Waals surface area contributed by atoms with E-state index in [4.69, 9.17) is 9.47 Å². The number of hydrogen-bond acceptors (Lipinski definition) is 6. The number of carbonyl (C=O) groups is 2. The number of carbonyl (C=O) groups excluding carboxylic acids is 2. The predicted molar refractivity (Wildman–Crippen MR) is 124 cm³/mol. The van der Waals surface area contributed by atoms with Crippen molar-refractivity contribution in [2.75, 3.05) is 40.4 Å². The summed E-state index contributed by atoms with van der Waals surface area (Å²) >= 11 is 0. The molecule has 1 aromatic rings. The highest BCUT2D eigenvalue weighted by Gasteiger charge is 2.34. The quantitative estimate of drug-likeness (QED) is 0.637. The summed E-state index contributed by atoms with van der Waals surface area (Å²) < 4.78 is 38.0. The minimum absolute atomic E-state index is 0.0170. The molecule has 184 valence electrons. The molecule has 2 saturated heterocycles. The van der Waals surface area contributed by atoms with Crippen molar-refractivity contribution < 1.29 is 27.5 Å². The van der Waals surface area contributed by atoms with E-state index in [1.165, 1.54) is 30.7 Å². The minimum Gasteiger partial charge on any atom is -0.493 e. The van der Waals surface area contributed by atoms with Crippen molar-refractivity contribution in [2.24, 2.45) is 11.8 Å². The molecule has 2 aliphatic heterocycles. The first-order valence-electron chi connectivity index (χ1n) is 11.5. The molecule has 9 nitrogen and oxygen atoms in total. The lowest BCUT2D eigenvalue weighted by Crippen LogP contribution is -2.50. The second kappa shape index (κ2) is 10.7. The number of methoxy groups -OCH3 is 2. The number of nitrogens with zero attached hydrogens (tertiary/aromatic N) is 2. The van der Waals surface area contributed by atoms with Crippen molar-refractivity contribution in [2.45, 2.75) is 50.5 Å². The van der Waals surface area contributed by atoms with Crippen molar-refractivity contribution >= 4 is 21.8 Å². The van der Waals surface area contributed by atoms with E-state index < -0.39 is 10.0 Å². The van der Waals surface area contributed by atoms with E-state index in [1.807, 2.05) is 18.7 Å². The number of piperidine rings is 2. The van der Waals surface area contributed by atoms with Gasteiger partial charge in [0.05, 0.1) is 19.1 Å². The van der Waals surface area contributed by atoms with Crippen LogP contribution in [0.25, 0.3) is 0 Å². The Morgan fingerprint density at radius 2 is 1.58 bits per heavy atom. The molecule has 2 amide bonds. The zero-order chi connectivity index (χ0) is 24.2. The molecule has 1 N–H and O–H groups in total. The lowest BCUT2D eigenvalue weighted by molar-refractivity contribution is -0.135. The maximum absolute atomic E-state index is 13.1. The van der Waals surface area contributed by atoms with Crippen molar-refractivity contribution in [1.29, 1.82) is 0 Å². The van der Waals surface area contributed by atoms with Gasteiger partial charge in [0, 0.05) is 50.1 Å². The second-order valence-corrected chi connectivity index (χ2v) is 10.9. The van der Waals surface area contributed by atoms with Crippen LogP contribution in [0.2, 0.25) is 0 Å². The highest BCUT2D eigenvalue weighted by atomic mass is 32.2. The number of likely N-dealkylation sites (tertiary alicyclic amines) is 1. The fourth-order valence-corrected chi connectivity index (χ4v) is 5.90. The van der Waals surface area contributed by atoms with E-state index in [0.29, 0.717) is 37.4 Å². The SMILES string of the molecule is COc1ccc(S(=O)(=O)N2CCC(C(=O)NC3CCN(C(=O)C(C)C)CC3)CC2)cc1OC. The molecule has 0 unspecified atom stereocenters. The number of amides is 2. The number of hydrogen-bond donors (Lipinski definition) is 1. The third-order valence-electron chi connectivity index (χ3n) is 6.46. The van der Waals surface area contributed by atoms with Crippen LogP contribution >= 0.6 is 0 Å². The first kappa shape index (κ1) is 25.3. The summed E-state index contributed by atoms with van der Waals surface area (Å²) in [6.07, 6.45) is 2.44. The van der Waals surface area contributed by atoms with Gasteiger partial charge in [-0.1, -0.05) is 13.8 Å². The fourth-order valence-electron chi connectivity index (χ4n) is 4.41. The van der Waals surface area contributed by atoms with Gasteiger partial charge in [0.25, 0.3) is 0 Å². The Morgan fingerprint density at radius 3 is 2.12 bits per heavy atom. The van der Waals surface area contributed by atoms with Gasteiger partial charge in [-0.15, -0.1) is 0 Å². The van der Waals surface area contributed by atoms with Gasteiger partial charge in [0.2, 0.25) is 21.8 Å². The lowest BCUT2D eigenvalue weighted by atomic mass is 9.95. The number of rotatable bonds is 7. The van der Waals surface area contributed by atoms with Gasteiger partial charge in [0.15, 0.2) is 11.5 Å². The molecule has 0 spiro atoms. The molecule has 1 aromatic carbocycles. The summed E-state index contributed by atoms with van der Waals surface area (Å²) in [5, 5.41) is 3.11. The van der Waals surface area contributed by atoms with Crippen molar-refractivity contribution in [3.05, 3.63) is 18.2 Å². The van der Waals surface area contributed by atoms with E-state index >= 15 is 0 Å². The van der Waals surface area contributed by atoms with E-state index in [9.17, 15) is 18.0 Å². The van der Waals surface area contributed by atoms with Crippen LogP contribution in [-0.2, 0) is 19.6 Å². The monoisotopic (exact) mass is 481 g/mol.